The second-order valence-corrected chi connectivity index (χ2v) is 7.21. The standard InChI is InChI=1S/C21H33N5O.HI/c1-6-22-21(25-14-20-23-10-11-26(20)15-16(2)3)24-13-18(5)27-19-9-7-8-17(4)12-19;/h7-12,16,18H,6,13-15H2,1-5H3,(H2,22,24,25);1H. The minimum atomic E-state index is 0. The summed E-state index contributed by atoms with van der Waals surface area (Å²) < 4.78 is 8.14. The number of guanidine groups is 1. The van der Waals surface area contributed by atoms with Crippen molar-refractivity contribution in [3.63, 3.8) is 0 Å². The van der Waals surface area contributed by atoms with Gasteiger partial charge in [-0.1, -0.05) is 26.0 Å². The number of benzene rings is 1. The summed E-state index contributed by atoms with van der Waals surface area (Å²) in [6.07, 6.45) is 3.88. The highest BCUT2D eigenvalue weighted by Crippen LogP contribution is 2.13. The lowest BCUT2D eigenvalue weighted by atomic mass is 10.2. The highest BCUT2D eigenvalue weighted by Gasteiger charge is 2.08. The molecule has 1 heterocycles. The molecule has 0 radical (unpaired) electrons. The predicted molar refractivity (Wildman–Crippen MR) is 127 cm³/mol. The van der Waals surface area contributed by atoms with E-state index in [0.717, 1.165) is 30.6 Å². The average molecular weight is 499 g/mol. The third-order valence-electron chi connectivity index (χ3n) is 3.97. The number of hydrogen-bond donors (Lipinski definition) is 2. The molecule has 28 heavy (non-hydrogen) atoms. The normalized spacial score (nSPS) is 12.4. The molecule has 0 bridgehead atoms. The van der Waals surface area contributed by atoms with Gasteiger partial charge in [-0.15, -0.1) is 24.0 Å². The number of aromatic nitrogens is 2. The second-order valence-electron chi connectivity index (χ2n) is 7.21. The lowest BCUT2D eigenvalue weighted by Gasteiger charge is -2.18. The van der Waals surface area contributed by atoms with Crippen LogP contribution < -0.4 is 15.4 Å². The lowest BCUT2D eigenvalue weighted by Crippen LogP contribution is -2.41. The number of ether oxygens (including phenoxy) is 1. The van der Waals surface area contributed by atoms with Gasteiger partial charge in [0.25, 0.3) is 0 Å². The molecule has 1 aromatic heterocycles. The zero-order valence-corrected chi connectivity index (χ0v) is 19.9. The van der Waals surface area contributed by atoms with Crippen LogP contribution in [0.2, 0.25) is 0 Å². The van der Waals surface area contributed by atoms with Crippen LogP contribution in [0.1, 0.15) is 39.1 Å². The maximum absolute atomic E-state index is 5.98. The van der Waals surface area contributed by atoms with Crippen molar-refractivity contribution in [3.8, 4) is 5.75 Å². The molecule has 2 rings (SSSR count). The Morgan fingerprint density at radius 3 is 2.71 bits per heavy atom. The number of hydrogen-bond acceptors (Lipinski definition) is 3. The van der Waals surface area contributed by atoms with Crippen LogP contribution in [0.3, 0.4) is 0 Å². The molecule has 0 aliphatic heterocycles. The fourth-order valence-corrected chi connectivity index (χ4v) is 2.75. The van der Waals surface area contributed by atoms with Gasteiger partial charge in [0, 0.05) is 25.5 Å². The van der Waals surface area contributed by atoms with E-state index >= 15 is 0 Å². The Morgan fingerprint density at radius 2 is 2.04 bits per heavy atom. The molecule has 0 amide bonds. The van der Waals surface area contributed by atoms with E-state index in [9.17, 15) is 0 Å². The van der Waals surface area contributed by atoms with Crippen molar-refractivity contribution in [1.29, 1.82) is 0 Å². The smallest absolute Gasteiger partial charge is 0.191 e. The Bertz CT molecular complexity index is 729. The number of nitrogens with zero attached hydrogens (tertiary/aromatic N) is 3. The van der Waals surface area contributed by atoms with Gasteiger partial charge in [-0.25, -0.2) is 9.98 Å². The van der Waals surface area contributed by atoms with Crippen molar-refractivity contribution in [2.75, 3.05) is 13.1 Å². The highest BCUT2D eigenvalue weighted by atomic mass is 127. The van der Waals surface area contributed by atoms with E-state index in [2.05, 4.69) is 58.9 Å². The minimum absolute atomic E-state index is 0. The first-order valence-corrected chi connectivity index (χ1v) is 9.73. The van der Waals surface area contributed by atoms with E-state index in [1.807, 2.05) is 37.5 Å². The molecule has 1 aromatic carbocycles. The fraction of sp³-hybridized carbons (Fsp3) is 0.524. The summed E-state index contributed by atoms with van der Waals surface area (Å²) in [6.45, 7) is 13.5. The zero-order chi connectivity index (χ0) is 19.6. The average Bonchev–Trinajstić information content (AvgIpc) is 3.03. The van der Waals surface area contributed by atoms with E-state index in [-0.39, 0.29) is 30.1 Å². The van der Waals surface area contributed by atoms with Gasteiger partial charge in [0.05, 0.1) is 6.54 Å². The molecule has 1 unspecified atom stereocenters. The van der Waals surface area contributed by atoms with Gasteiger partial charge in [-0.3, -0.25) is 0 Å². The maximum Gasteiger partial charge on any atom is 0.191 e. The summed E-state index contributed by atoms with van der Waals surface area (Å²) in [7, 11) is 0. The maximum atomic E-state index is 5.98. The first kappa shape index (κ1) is 24.3. The molecule has 0 aliphatic rings. The summed E-state index contributed by atoms with van der Waals surface area (Å²) >= 11 is 0. The van der Waals surface area contributed by atoms with Crippen LogP contribution in [0, 0.1) is 12.8 Å². The number of halogens is 1. The zero-order valence-electron chi connectivity index (χ0n) is 17.6. The number of nitrogens with one attached hydrogen (secondary N) is 2. The lowest BCUT2D eigenvalue weighted by molar-refractivity contribution is 0.223. The van der Waals surface area contributed by atoms with Crippen LogP contribution in [-0.2, 0) is 13.1 Å². The third-order valence-corrected chi connectivity index (χ3v) is 3.97. The van der Waals surface area contributed by atoms with Gasteiger partial charge >= 0.3 is 0 Å². The van der Waals surface area contributed by atoms with Gasteiger partial charge in [0.15, 0.2) is 5.96 Å². The van der Waals surface area contributed by atoms with E-state index in [1.165, 1.54) is 5.56 Å². The molecule has 0 saturated carbocycles. The first-order chi connectivity index (χ1) is 13.0. The van der Waals surface area contributed by atoms with Crippen LogP contribution in [-0.4, -0.2) is 34.7 Å². The van der Waals surface area contributed by atoms with Crippen molar-refractivity contribution >= 4 is 29.9 Å². The summed E-state index contributed by atoms with van der Waals surface area (Å²) in [5, 5.41) is 6.63. The monoisotopic (exact) mass is 499 g/mol. The molecule has 0 aliphatic carbocycles. The molecule has 156 valence electrons. The predicted octanol–water partition coefficient (Wildman–Crippen LogP) is 3.99. The molecular weight excluding hydrogens is 465 g/mol. The van der Waals surface area contributed by atoms with E-state index < -0.39 is 0 Å². The Hall–Kier alpha value is -1.77. The van der Waals surface area contributed by atoms with Crippen molar-refractivity contribution in [2.45, 2.75) is 53.8 Å². The molecule has 2 N–H and O–H groups in total. The van der Waals surface area contributed by atoms with Crippen LogP contribution in [0.5, 0.6) is 5.75 Å². The largest absolute Gasteiger partial charge is 0.489 e. The fourth-order valence-electron chi connectivity index (χ4n) is 2.75. The molecule has 0 saturated heterocycles. The van der Waals surface area contributed by atoms with E-state index in [4.69, 9.17) is 4.74 Å². The molecule has 2 aromatic rings. The summed E-state index contributed by atoms with van der Waals surface area (Å²) in [6, 6.07) is 8.10. The minimum Gasteiger partial charge on any atom is -0.489 e. The van der Waals surface area contributed by atoms with E-state index in [0.29, 0.717) is 19.0 Å². The van der Waals surface area contributed by atoms with Crippen molar-refractivity contribution in [2.24, 2.45) is 10.9 Å². The molecule has 1 atom stereocenters. The molecule has 7 heteroatoms. The Kier molecular flexibility index (Phi) is 11.0. The van der Waals surface area contributed by atoms with Gasteiger partial charge < -0.3 is 19.9 Å². The van der Waals surface area contributed by atoms with Gasteiger partial charge in [-0.2, -0.15) is 0 Å². The van der Waals surface area contributed by atoms with Crippen LogP contribution in [0.15, 0.2) is 41.7 Å². The molecule has 6 nitrogen and oxygen atoms in total. The number of imidazole rings is 1. The van der Waals surface area contributed by atoms with Gasteiger partial charge in [0.1, 0.15) is 24.2 Å². The number of aryl methyl sites for hydroxylation is 1. The Balaban J connectivity index is 0.00000392. The molecule has 0 fully saturated rings. The SMILES string of the molecule is CCNC(=NCc1nccn1CC(C)C)NCC(C)Oc1cccc(C)c1.I. The number of rotatable bonds is 9. The number of aliphatic imine (C=N–C) groups is 1. The van der Waals surface area contributed by atoms with Crippen molar-refractivity contribution in [1.82, 2.24) is 20.2 Å². The Morgan fingerprint density at radius 1 is 1.25 bits per heavy atom. The van der Waals surface area contributed by atoms with Crippen molar-refractivity contribution < 1.29 is 4.74 Å². The van der Waals surface area contributed by atoms with Gasteiger partial charge in [-0.05, 0) is 44.4 Å². The van der Waals surface area contributed by atoms with Crippen LogP contribution >= 0.6 is 24.0 Å². The Labute approximate surface area is 186 Å². The van der Waals surface area contributed by atoms with Crippen LogP contribution in [0.25, 0.3) is 0 Å². The molecule has 0 spiro atoms. The van der Waals surface area contributed by atoms with Crippen molar-refractivity contribution in [3.05, 3.63) is 48.0 Å². The second kappa shape index (κ2) is 12.6. The van der Waals surface area contributed by atoms with Gasteiger partial charge in [0.2, 0.25) is 0 Å². The first-order valence-electron chi connectivity index (χ1n) is 9.73. The topological polar surface area (TPSA) is 63.5 Å². The highest BCUT2D eigenvalue weighted by molar-refractivity contribution is 14.0. The third kappa shape index (κ3) is 8.50. The van der Waals surface area contributed by atoms with E-state index in [1.54, 1.807) is 0 Å². The summed E-state index contributed by atoms with van der Waals surface area (Å²) in [5.74, 6) is 3.22. The summed E-state index contributed by atoms with van der Waals surface area (Å²) in [5.41, 5.74) is 1.19. The van der Waals surface area contributed by atoms with Crippen LogP contribution in [0.4, 0.5) is 0 Å². The summed E-state index contributed by atoms with van der Waals surface area (Å²) in [4.78, 5) is 9.11. The quantitative estimate of drug-likeness (QED) is 0.311. The molecular formula is C21H34IN5O.